The van der Waals surface area contributed by atoms with E-state index in [-0.39, 0.29) is 0 Å². The van der Waals surface area contributed by atoms with Crippen LogP contribution in [0.25, 0.3) is 0 Å². The zero-order valence-corrected chi connectivity index (χ0v) is 12.6. The lowest BCUT2D eigenvalue weighted by atomic mass is 10.0. The summed E-state index contributed by atoms with van der Waals surface area (Å²) in [4.78, 5) is 6.57. The van der Waals surface area contributed by atoms with E-state index in [0.717, 1.165) is 13.1 Å². The summed E-state index contributed by atoms with van der Waals surface area (Å²) in [6.07, 6.45) is 6.13. The van der Waals surface area contributed by atoms with Gasteiger partial charge in [-0.15, -0.1) is 0 Å². The van der Waals surface area contributed by atoms with Crippen molar-refractivity contribution in [3.05, 3.63) is 60.4 Å². The molecular formula is C18H23N3. The van der Waals surface area contributed by atoms with Crippen LogP contribution in [-0.4, -0.2) is 24.1 Å². The Bertz CT molecular complexity index is 533. The van der Waals surface area contributed by atoms with Gasteiger partial charge in [0.25, 0.3) is 0 Å². The molecule has 2 heterocycles. The molecule has 0 aliphatic carbocycles. The fourth-order valence-corrected chi connectivity index (χ4v) is 3.05. The summed E-state index contributed by atoms with van der Waals surface area (Å²) in [6, 6.07) is 15.9. The van der Waals surface area contributed by atoms with E-state index in [1.54, 1.807) is 0 Å². The molecule has 3 heteroatoms. The van der Waals surface area contributed by atoms with Crippen LogP contribution >= 0.6 is 0 Å². The van der Waals surface area contributed by atoms with Crippen LogP contribution in [0.15, 0.2) is 54.9 Å². The number of pyridine rings is 1. The molecule has 1 saturated heterocycles. The van der Waals surface area contributed by atoms with Crippen molar-refractivity contribution in [2.24, 2.45) is 0 Å². The van der Waals surface area contributed by atoms with Crippen LogP contribution in [0.4, 0.5) is 5.69 Å². The zero-order valence-electron chi connectivity index (χ0n) is 12.6. The van der Waals surface area contributed by atoms with Crippen molar-refractivity contribution in [3.63, 3.8) is 0 Å². The first-order valence-electron chi connectivity index (χ1n) is 7.79. The van der Waals surface area contributed by atoms with E-state index in [0.29, 0.717) is 12.1 Å². The third-order valence-corrected chi connectivity index (χ3v) is 4.31. The average molecular weight is 281 g/mol. The van der Waals surface area contributed by atoms with Gasteiger partial charge in [-0.3, -0.25) is 4.98 Å². The number of aromatic nitrogens is 1. The second kappa shape index (κ2) is 6.72. The Hall–Kier alpha value is -1.87. The molecule has 1 aliphatic heterocycles. The molecule has 3 rings (SSSR count). The second-order valence-electron chi connectivity index (χ2n) is 5.77. The monoisotopic (exact) mass is 281 g/mol. The molecular weight excluding hydrogens is 258 g/mol. The molecule has 1 atom stereocenters. The first kappa shape index (κ1) is 14.1. The lowest BCUT2D eigenvalue weighted by Gasteiger charge is -2.35. The van der Waals surface area contributed by atoms with Crippen LogP contribution in [0.3, 0.4) is 0 Å². The van der Waals surface area contributed by atoms with Gasteiger partial charge in [0.1, 0.15) is 0 Å². The summed E-state index contributed by atoms with van der Waals surface area (Å²) >= 11 is 0. The Morgan fingerprint density at radius 2 is 1.71 bits per heavy atom. The number of piperidine rings is 1. The highest BCUT2D eigenvalue weighted by Crippen LogP contribution is 2.21. The largest absolute Gasteiger partial charge is 0.371 e. The predicted molar refractivity (Wildman–Crippen MR) is 87.5 cm³/mol. The van der Waals surface area contributed by atoms with E-state index in [9.17, 15) is 0 Å². The minimum absolute atomic E-state index is 0.390. The van der Waals surface area contributed by atoms with Gasteiger partial charge in [-0.25, -0.2) is 0 Å². The van der Waals surface area contributed by atoms with Crippen molar-refractivity contribution in [1.82, 2.24) is 10.3 Å². The van der Waals surface area contributed by atoms with Crippen molar-refractivity contribution < 1.29 is 0 Å². The van der Waals surface area contributed by atoms with Crippen molar-refractivity contribution in [2.75, 3.05) is 18.0 Å². The lowest BCUT2D eigenvalue weighted by Crippen LogP contribution is -2.43. The van der Waals surface area contributed by atoms with E-state index in [2.05, 4.69) is 64.6 Å². The predicted octanol–water partition coefficient (Wildman–Crippen LogP) is 3.40. The van der Waals surface area contributed by atoms with Crippen LogP contribution in [0, 0.1) is 0 Å². The maximum absolute atomic E-state index is 4.08. The van der Waals surface area contributed by atoms with E-state index < -0.39 is 0 Å². The Labute approximate surface area is 127 Å². The van der Waals surface area contributed by atoms with Crippen molar-refractivity contribution in [2.45, 2.75) is 31.8 Å². The number of rotatable bonds is 4. The first-order chi connectivity index (χ1) is 10.3. The minimum atomic E-state index is 0.390. The van der Waals surface area contributed by atoms with Gasteiger partial charge < -0.3 is 10.2 Å². The molecule has 21 heavy (non-hydrogen) atoms. The van der Waals surface area contributed by atoms with Crippen molar-refractivity contribution in [1.29, 1.82) is 0 Å². The zero-order chi connectivity index (χ0) is 14.5. The first-order valence-corrected chi connectivity index (χ1v) is 7.79. The quantitative estimate of drug-likeness (QED) is 0.931. The van der Waals surface area contributed by atoms with Crippen LogP contribution in [-0.2, 0) is 0 Å². The number of nitrogens with zero attached hydrogens (tertiary/aromatic N) is 2. The number of hydrogen-bond donors (Lipinski definition) is 1. The van der Waals surface area contributed by atoms with E-state index in [1.807, 2.05) is 12.4 Å². The summed E-state index contributed by atoms with van der Waals surface area (Å²) < 4.78 is 0. The molecule has 1 aromatic heterocycles. The summed E-state index contributed by atoms with van der Waals surface area (Å²) in [5.74, 6) is 0. The number of nitrogens with one attached hydrogen (secondary N) is 1. The molecule has 2 aromatic rings. The Morgan fingerprint density at radius 1 is 1.05 bits per heavy atom. The second-order valence-corrected chi connectivity index (χ2v) is 5.77. The minimum Gasteiger partial charge on any atom is -0.371 e. The highest BCUT2D eigenvalue weighted by molar-refractivity contribution is 5.46. The molecule has 0 bridgehead atoms. The van der Waals surface area contributed by atoms with E-state index in [4.69, 9.17) is 0 Å². The molecule has 0 unspecified atom stereocenters. The molecule has 0 amide bonds. The Balaban J connectivity index is 1.52. The van der Waals surface area contributed by atoms with Gasteiger partial charge in [0, 0.05) is 43.3 Å². The van der Waals surface area contributed by atoms with Gasteiger partial charge in [0.05, 0.1) is 0 Å². The molecule has 3 nitrogen and oxygen atoms in total. The summed E-state index contributed by atoms with van der Waals surface area (Å²) in [6.45, 7) is 4.49. The number of anilines is 1. The smallest absolute Gasteiger partial charge is 0.0366 e. The van der Waals surface area contributed by atoms with E-state index >= 15 is 0 Å². The molecule has 0 radical (unpaired) electrons. The van der Waals surface area contributed by atoms with Crippen LogP contribution < -0.4 is 10.2 Å². The Morgan fingerprint density at radius 3 is 2.38 bits per heavy atom. The third kappa shape index (κ3) is 3.61. The standard InChI is InChI=1S/C18H23N3/c1-15(16-7-11-19-12-8-16)20-17-9-13-21(14-10-17)18-5-3-2-4-6-18/h2-8,11-12,15,17,20H,9-10,13-14H2,1H3/t15-/m0/s1. The van der Waals surface area contributed by atoms with Gasteiger partial charge in [0.2, 0.25) is 0 Å². The highest BCUT2D eigenvalue weighted by atomic mass is 15.1. The summed E-state index contributed by atoms with van der Waals surface area (Å²) in [5, 5.41) is 3.75. The number of benzene rings is 1. The topological polar surface area (TPSA) is 28.2 Å². The lowest BCUT2D eigenvalue weighted by molar-refractivity contribution is 0.381. The highest BCUT2D eigenvalue weighted by Gasteiger charge is 2.20. The van der Waals surface area contributed by atoms with Crippen LogP contribution in [0.5, 0.6) is 0 Å². The molecule has 0 saturated carbocycles. The van der Waals surface area contributed by atoms with Gasteiger partial charge in [0.15, 0.2) is 0 Å². The average Bonchev–Trinajstić information content (AvgIpc) is 2.57. The maximum atomic E-state index is 4.08. The Kier molecular flexibility index (Phi) is 4.51. The molecule has 1 aliphatic rings. The molecule has 110 valence electrons. The number of hydrogen-bond acceptors (Lipinski definition) is 3. The van der Waals surface area contributed by atoms with Crippen LogP contribution in [0.2, 0.25) is 0 Å². The van der Waals surface area contributed by atoms with Crippen molar-refractivity contribution in [3.8, 4) is 0 Å². The number of para-hydroxylation sites is 1. The molecule has 1 fully saturated rings. The maximum Gasteiger partial charge on any atom is 0.0366 e. The van der Waals surface area contributed by atoms with Crippen molar-refractivity contribution >= 4 is 5.69 Å². The van der Waals surface area contributed by atoms with Gasteiger partial charge in [-0.05, 0) is 49.6 Å². The molecule has 1 aromatic carbocycles. The molecule has 0 spiro atoms. The summed E-state index contributed by atoms with van der Waals surface area (Å²) in [7, 11) is 0. The molecule has 1 N–H and O–H groups in total. The van der Waals surface area contributed by atoms with Crippen LogP contribution in [0.1, 0.15) is 31.4 Å². The summed E-state index contributed by atoms with van der Waals surface area (Å²) in [5.41, 5.74) is 2.66. The third-order valence-electron chi connectivity index (χ3n) is 4.31. The van der Waals surface area contributed by atoms with Gasteiger partial charge >= 0.3 is 0 Å². The van der Waals surface area contributed by atoms with Gasteiger partial charge in [-0.2, -0.15) is 0 Å². The van der Waals surface area contributed by atoms with Gasteiger partial charge in [-0.1, -0.05) is 18.2 Å². The fourth-order valence-electron chi connectivity index (χ4n) is 3.05. The fraction of sp³-hybridized carbons (Fsp3) is 0.389. The normalized spacial score (nSPS) is 17.7. The van der Waals surface area contributed by atoms with E-state index in [1.165, 1.54) is 24.1 Å². The SMILES string of the molecule is C[C@H](NC1CCN(c2ccccc2)CC1)c1ccncc1.